The van der Waals surface area contributed by atoms with Gasteiger partial charge in [-0.1, -0.05) is 12.1 Å². The predicted molar refractivity (Wildman–Crippen MR) is 72.1 cm³/mol. The van der Waals surface area contributed by atoms with Gasteiger partial charge in [0, 0.05) is 17.9 Å². The fraction of sp³-hybridized carbons (Fsp3) is 0.462. The van der Waals surface area contributed by atoms with Crippen molar-refractivity contribution in [3.63, 3.8) is 0 Å². The molecule has 0 aliphatic carbocycles. The maximum absolute atomic E-state index is 13.3. The van der Waals surface area contributed by atoms with Crippen LogP contribution in [-0.2, 0) is 11.2 Å². The van der Waals surface area contributed by atoms with Gasteiger partial charge < -0.3 is 10.4 Å². The van der Waals surface area contributed by atoms with Gasteiger partial charge in [0.15, 0.2) is 11.6 Å². The summed E-state index contributed by atoms with van der Waals surface area (Å²) >= 11 is 1.46. The van der Waals surface area contributed by atoms with Gasteiger partial charge in [-0.15, -0.1) is 0 Å². The molecule has 1 unspecified atom stereocenters. The second-order valence-corrected chi connectivity index (χ2v) is 5.46. The van der Waals surface area contributed by atoms with Gasteiger partial charge in [-0.25, -0.2) is 8.78 Å². The molecule has 1 rings (SSSR count). The molecule has 1 aromatic carbocycles. The van der Waals surface area contributed by atoms with Crippen molar-refractivity contribution in [2.75, 3.05) is 18.6 Å². The number of amides is 1. The molecule has 106 valence electrons. The van der Waals surface area contributed by atoms with Crippen molar-refractivity contribution in [3.05, 3.63) is 35.4 Å². The van der Waals surface area contributed by atoms with Crippen LogP contribution in [0.1, 0.15) is 12.5 Å². The van der Waals surface area contributed by atoms with E-state index in [1.807, 2.05) is 6.26 Å². The number of hydrogen-bond acceptors (Lipinski definition) is 3. The summed E-state index contributed by atoms with van der Waals surface area (Å²) in [5.41, 5.74) is -1.02. The van der Waals surface area contributed by atoms with Gasteiger partial charge in [-0.3, -0.25) is 4.79 Å². The van der Waals surface area contributed by atoms with E-state index in [4.69, 9.17) is 0 Å². The monoisotopic (exact) mass is 289 g/mol. The number of benzene rings is 1. The molecule has 1 atom stereocenters. The molecule has 0 aromatic heterocycles. The van der Waals surface area contributed by atoms with Crippen molar-refractivity contribution in [2.45, 2.75) is 18.9 Å². The molecular formula is C13H17F2NO2S. The van der Waals surface area contributed by atoms with E-state index in [1.165, 1.54) is 23.9 Å². The standard InChI is InChI=1S/C13H17F2NO2S/c1-13(18,8-19-2)7-16-11(17)6-9-4-3-5-10(14)12(9)15/h3-5,18H,6-8H2,1-2H3,(H,16,17). The Balaban J connectivity index is 2.54. The number of carbonyl (C=O) groups excluding carboxylic acids is 1. The fourth-order valence-corrected chi connectivity index (χ4v) is 2.30. The quantitative estimate of drug-likeness (QED) is 0.838. The Morgan fingerprint density at radius 3 is 2.79 bits per heavy atom. The van der Waals surface area contributed by atoms with E-state index in [-0.39, 0.29) is 18.5 Å². The second-order valence-electron chi connectivity index (χ2n) is 4.60. The van der Waals surface area contributed by atoms with Crippen LogP contribution in [-0.4, -0.2) is 35.2 Å². The number of aliphatic hydroxyl groups is 1. The number of hydrogen-bond donors (Lipinski definition) is 2. The van der Waals surface area contributed by atoms with Gasteiger partial charge in [0.05, 0.1) is 12.0 Å². The maximum atomic E-state index is 13.3. The third-order valence-corrected chi connectivity index (χ3v) is 3.41. The van der Waals surface area contributed by atoms with Crippen molar-refractivity contribution in [2.24, 2.45) is 0 Å². The van der Waals surface area contributed by atoms with Crippen LogP contribution in [0.25, 0.3) is 0 Å². The molecule has 2 N–H and O–H groups in total. The highest BCUT2D eigenvalue weighted by atomic mass is 32.2. The molecule has 0 saturated heterocycles. The lowest BCUT2D eigenvalue weighted by molar-refractivity contribution is -0.121. The van der Waals surface area contributed by atoms with Gasteiger partial charge in [0.2, 0.25) is 5.91 Å². The van der Waals surface area contributed by atoms with E-state index >= 15 is 0 Å². The minimum absolute atomic E-state index is 0.00186. The SMILES string of the molecule is CSCC(C)(O)CNC(=O)Cc1cccc(F)c1F. The lowest BCUT2D eigenvalue weighted by atomic mass is 10.1. The summed E-state index contributed by atoms with van der Waals surface area (Å²) < 4.78 is 26.3. The molecule has 1 aromatic rings. The summed E-state index contributed by atoms with van der Waals surface area (Å²) in [6.45, 7) is 1.68. The zero-order valence-electron chi connectivity index (χ0n) is 10.9. The maximum Gasteiger partial charge on any atom is 0.224 e. The van der Waals surface area contributed by atoms with Gasteiger partial charge >= 0.3 is 0 Å². The van der Waals surface area contributed by atoms with Crippen molar-refractivity contribution in [3.8, 4) is 0 Å². The first-order valence-corrected chi connectivity index (χ1v) is 7.16. The van der Waals surface area contributed by atoms with Crippen LogP contribution in [0.4, 0.5) is 8.78 Å². The molecule has 3 nitrogen and oxygen atoms in total. The first-order valence-electron chi connectivity index (χ1n) is 5.76. The van der Waals surface area contributed by atoms with Gasteiger partial charge in [0.25, 0.3) is 0 Å². The largest absolute Gasteiger partial charge is 0.387 e. The smallest absolute Gasteiger partial charge is 0.224 e. The lowest BCUT2D eigenvalue weighted by Gasteiger charge is -2.22. The minimum atomic E-state index is -1.02. The van der Waals surface area contributed by atoms with Gasteiger partial charge in [-0.2, -0.15) is 11.8 Å². The van der Waals surface area contributed by atoms with E-state index in [9.17, 15) is 18.7 Å². The molecule has 0 fully saturated rings. The van der Waals surface area contributed by atoms with E-state index in [1.54, 1.807) is 6.92 Å². The Bertz CT molecular complexity index is 452. The Labute approximate surface area is 115 Å². The van der Waals surface area contributed by atoms with Gasteiger partial charge in [-0.05, 0) is 19.2 Å². The first kappa shape index (κ1) is 15.9. The molecule has 0 heterocycles. The summed E-state index contributed by atoms with van der Waals surface area (Å²) in [7, 11) is 0. The lowest BCUT2D eigenvalue weighted by Crippen LogP contribution is -2.43. The highest BCUT2D eigenvalue weighted by Gasteiger charge is 2.21. The summed E-state index contributed by atoms with van der Waals surface area (Å²) in [6, 6.07) is 3.71. The Morgan fingerprint density at radius 1 is 1.47 bits per heavy atom. The number of nitrogens with one attached hydrogen (secondary N) is 1. The predicted octanol–water partition coefficient (Wildman–Crippen LogP) is 1.74. The van der Waals surface area contributed by atoms with Crippen LogP contribution in [0.5, 0.6) is 0 Å². The molecule has 0 saturated carbocycles. The van der Waals surface area contributed by atoms with Crippen LogP contribution in [0.3, 0.4) is 0 Å². The molecule has 0 aliphatic heterocycles. The van der Waals surface area contributed by atoms with E-state index in [0.29, 0.717) is 5.75 Å². The number of rotatable bonds is 6. The topological polar surface area (TPSA) is 49.3 Å². The Morgan fingerprint density at radius 2 is 2.16 bits per heavy atom. The fourth-order valence-electron chi connectivity index (χ4n) is 1.57. The highest BCUT2D eigenvalue weighted by Crippen LogP contribution is 2.12. The normalized spacial score (nSPS) is 13.9. The number of carbonyl (C=O) groups is 1. The van der Waals surface area contributed by atoms with Crippen molar-refractivity contribution in [1.29, 1.82) is 0 Å². The number of halogens is 2. The van der Waals surface area contributed by atoms with Crippen LogP contribution >= 0.6 is 11.8 Å². The zero-order valence-corrected chi connectivity index (χ0v) is 11.7. The zero-order chi connectivity index (χ0) is 14.5. The molecule has 1 amide bonds. The van der Waals surface area contributed by atoms with Crippen LogP contribution in [0, 0.1) is 11.6 Å². The summed E-state index contributed by atoms with van der Waals surface area (Å²) in [6.07, 6.45) is 1.59. The summed E-state index contributed by atoms with van der Waals surface area (Å²) in [5.74, 6) is -1.96. The van der Waals surface area contributed by atoms with Crippen LogP contribution in [0.2, 0.25) is 0 Å². The highest BCUT2D eigenvalue weighted by molar-refractivity contribution is 7.98. The summed E-state index contributed by atoms with van der Waals surface area (Å²) in [5, 5.41) is 12.4. The Kier molecular flexibility index (Phi) is 5.75. The molecular weight excluding hydrogens is 272 g/mol. The van der Waals surface area contributed by atoms with Gasteiger partial charge in [0.1, 0.15) is 0 Å². The average Bonchev–Trinajstić information content (AvgIpc) is 2.33. The van der Waals surface area contributed by atoms with E-state index < -0.39 is 23.1 Å². The number of thioether (sulfide) groups is 1. The molecule has 0 bridgehead atoms. The molecule has 19 heavy (non-hydrogen) atoms. The first-order chi connectivity index (χ1) is 8.85. The van der Waals surface area contributed by atoms with Crippen molar-refractivity contribution in [1.82, 2.24) is 5.32 Å². The average molecular weight is 289 g/mol. The molecule has 0 aliphatic rings. The molecule has 6 heteroatoms. The summed E-state index contributed by atoms with van der Waals surface area (Å²) in [4.78, 5) is 11.6. The molecule has 0 radical (unpaired) electrons. The second kappa shape index (κ2) is 6.86. The van der Waals surface area contributed by atoms with E-state index in [0.717, 1.165) is 6.07 Å². The van der Waals surface area contributed by atoms with Crippen molar-refractivity contribution >= 4 is 17.7 Å². The third kappa shape index (κ3) is 5.16. The van der Waals surface area contributed by atoms with Crippen LogP contribution in [0.15, 0.2) is 18.2 Å². The third-order valence-electron chi connectivity index (χ3n) is 2.50. The minimum Gasteiger partial charge on any atom is -0.387 e. The van der Waals surface area contributed by atoms with Crippen LogP contribution < -0.4 is 5.32 Å². The molecule has 0 spiro atoms. The Hall–Kier alpha value is -1.14. The van der Waals surface area contributed by atoms with Crippen molar-refractivity contribution < 1.29 is 18.7 Å². The van der Waals surface area contributed by atoms with E-state index in [2.05, 4.69) is 5.32 Å².